The highest BCUT2D eigenvalue weighted by Crippen LogP contribution is 2.41. The van der Waals surface area contributed by atoms with Crippen molar-refractivity contribution in [2.45, 2.75) is 105 Å². The molecule has 2 aromatic carbocycles. The smallest absolute Gasteiger partial charge is 0.160 e. The van der Waals surface area contributed by atoms with E-state index in [2.05, 4.69) is 48.1 Å². The standard InChI is InChI=1S/C18H22N2O2.C14H19N.C2H6/c1-11-7-16(13-5-4-6-13)17(8-15(11)12(2)21)18-19-9-14(20-18)10-22-3;1-3-5-13(6-4-2)14-9-7-12(11-15)8-10-14;1-2/h7-9,13H,4-6,10H2,1-3H3,(H,19,20);7-10,13H,3-6H2,1-2H3;1-2H3. The molecular weight excluding hydrogens is 482 g/mol. The Morgan fingerprint density at radius 3 is 2.26 bits per heavy atom. The third-order valence-electron chi connectivity index (χ3n) is 7.29. The number of nitrogens with one attached hydrogen (secondary N) is 1. The van der Waals surface area contributed by atoms with E-state index in [0.717, 1.165) is 33.8 Å². The highest BCUT2D eigenvalue weighted by atomic mass is 16.5. The zero-order valence-electron chi connectivity index (χ0n) is 25.1. The third kappa shape index (κ3) is 8.90. The van der Waals surface area contributed by atoms with Crippen molar-refractivity contribution in [2.24, 2.45) is 0 Å². The van der Waals surface area contributed by atoms with Crippen molar-refractivity contribution < 1.29 is 9.53 Å². The Hall–Kier alpha value is -3.23. The summed E-state index contributed by atoms with van der Waals surface area (Å²) >= 11 is 0. The molecule has 5 nitrogen and oxygen atoms in total. The predicted octanol–water partition coefficient (Wildman–Crippen LogP) is 9.27. The number of hydrogen-bond acceptors (Lipinski definition) is 4. The second-order valence-corrected chi connectivity index (χ2v) is 10.1. The number of nitriles is 1. The molecule has 1 aromatic heterocycles. The molecule has 0 bridgehead atoms. The van der Waals surface area contributed by atoms with E-state index in [1.165, 1.54) is 56.1 Å². The number of nitrogens with zero attached hydrogens (tertiary/aromatic N) is 2. The van der Waals surface area contributed by atoms with Gasteiger partial charge in [-0.15, -0.1) is 0 Å². The Bertz CT molecular complexity index is 1190. The first kappa shape index (κ1) is 32.0. The van der Waals surface area contributed by atoms with E-state index in [-0.39, 0.29) is 5.78 Å². The molecule has 1 aliphatic rings. The Kier molecular flexibility index (Phi) is 13.7. The highest BCUT2D eigenvalue weighted by molar-refractivity contribution is 5.97. The van der Waals surface area contributed by atoms with Crippen molar-refractivity contribution in [2.75, 3.05) is 7.11 Å². The van der Waals surface area contributed by atoms with Crippen LogP contribution >= 0.6 is 0 Å². The van der Waals surface area contributed by atoms with Crippen molar-refractivity contribution in [3.05, 3.63) is 76.1 Å². The topological polar surface area (TPSA) is 78.8 Å². The fourth-order valence-electron chi connectivity index (χ4n) is 5.10. The van der Waals surface area contributed by atoms with Crippen LogP contribution in [0.1, 0.15) is 130 Å². The van der Waals surface area contributed by atoms with E-state index in [1.54, 1.807) is 20.2 Å². The molecule has 1 aliphatic carbocycles. The lowest BCUT2D eigenvalue weighted by atomic mass is 9.77. The largest absolute Gasteiger partial charge is 0.378 e. The molecule has 1 saturated carbocycles. The number of aromatic nitrogens is 2. The van der Waals surface area contributed by atoms with Crippen molar-refractivity contribution in [3.8, 4) is 17.5 Å². The van der Waals surface area contributed by atoms with Gasteiger partial charge in [-0.2, -0.15) is 5.26 Å². The lowest BCUT2D eigenvalue weighted by molar-refractivity contribution is 0.101. The lowest BCUT2D eigenvalue weighted by Crippen LogP contribution is -2.12. The number of ether oxygens (including phenoxy) is 1. The van der Waals surface area contributed by atoms with Gasteiger partial charge in [0.15, 0.2) is 5.78 Å². The maximum Gasteiger partial charge on any atom is 0.160 e. The number of benzene rings is 2. The van der Waals surface area contributed by atoms with Crippen LogP contribution in [0.15, 0.2) is 42.6 Å². The number of carbonyl (C=O) groups excluding carboxylic acids is 1. The highest BCUT2D eigenvalue weighted by Gasteiger charge is 2.25. The van der Waals surface area contributed by atoms with E-state index in [9.17, 15) is 4.79 Å². The number of aromatic amines is 1. The number of imidazole rings is 1. The van der Waals surface area contributed by atoms with Gasteiger partial charge in [-0.3, -0.25) is 4.79 Å². The van der Waals surface area contributed by atoms with E-state index in [1.807, 2.05) is 39.0 Å². The van der Waals surface area contributed by atoms with Crippen LogP contribution in [0.25, 0.3) is 11.4 Å². The van der Waals surface area contributed by atoms with Gasteiger partial charge in [-0.05, 0) is 86.3 Å². The Morgan fingerprint density at radius 2 is 1.77 bits per heavy atom. The summed E-state index contributed by atoms with van der Waals surface area (Å²) in [6, 6.07) is 14.4. The minimum Gasteiger partial charge on any atom is -0.378 e. The average molecular weight is 530 g/mol. The summed E-state index contributed by atoms with van der Waals surface area (Å²) in [6.45, 7) is 12.6. The van der Waals surface area contributed by atoms with Crippen LogP contribution in [0.3, 0.4) is 0 Å². The number of aryl methyl sites for hydroxylation is 1. The van der Waals surface area contributed by atoms with Crippen LogP contribution < -0.4 is 0 Å². The fraction of sp³-hybridized carbons (Fsp3) is 0.500. The van der Waals surface area contributed by atoms with E-state index in [4.69, 9.17) is 10.00 Å². The number of rotatable bonds is 10. The number of ketones is 1. The summed E-state index contributed by atoms with van der Waals surface area (Å²) in [6.07, 6.45) is 10.5. The zero-order valence-corrected chi connectivity index (χ0v) is 25.1. The van der Waals surface area contributed by atoms with Crippen molar-refractivity contribution >= 4 is 5.78 Å². The van der Waals surface area contributed by atoms with Gasteiger partial charge in [0.25, 0.3) is 0 Å². The monoisotopic (exact) mass is 529 g/mol. The quantitative estimate of drug-likeness (QED) is 0.265. The predicted molar refractivity (Wildman–Crippen MR) is 161 cm³/mol. The van der Waals surface area contributed by atoms with Gasteiger partial charge in [0, 0.05) is 18.2 Å². The third-order valence-corrected chi connectivity index (χ3v) is 7.29. The van der Waals surface area contributed by atoms with Crippen LogP contribution in [-0.4, -0.2) is 22.9 Å². The van der Waals surface area contributed by atoms with Crippen LogP contribution in [0.4, 0.5) is 0 Å². The lowest BCUT2D eigenvalue weighted by Gasteiger charge is -2.28. The molecule has 4 rings (SSSR count). The van der Waals surface area contributed by atoms with Crippen LogP contribution in [0.5, 0.6) is 0 Å². The molecule has 0 unspecified atom stereocenters. The molecule has 39 heavy (non-hydrogen) atoms. The van der Waals surface area contributed by atoms with Crippen LogP contribution in [0, 0.1) is 18.3 Å². The molecule has 0 amide bonds. The van der Waals surface area contributed by atoms with Crippen molar-refractivity contribution in [1.82, 2.24) is 9.97 Å². The number of H-pyrrole nitrogens is 1. The van der Waals surface area contributed by atoms with Gasteiger partial charge in [-0.25, -0.2) is 4.98 Å². The van der Waals surface area contributed by atoms with E-state index < -0.39 is 0 Å². The molecule has 0 spiro atoms. The average Bonchev–Trinajstić information content (AvgIpc) is 3.38. The van der Waals surface area contributed by atoms with Crippen LogP contribution in [0.2, 0.25) is 0 Å². The minimum atomic E-state index is 0.0996. The maximum atomic E-state index is 11.9. The summed E-state index contributed by atoms with van der Waals surface area (Å²) < 4.78 is 5.14. The normalized spacial score (nSPS) is 12.5. The van der Waals surface area contributed by atoms with Gasteiger partial charge in [0.05, 0.1) is 30.1 Å². The second kappa shape index (κ2) is 16.7. The van der Waals surface area contributed by atoms with Gasteiger partial charge in [0.2, 0.25) is 0 Å². The SMILES string of the molecule is CC.CCCC(CCC)c1ccc(C#N)cc1.COCc1cnc(-c2cc(C(C)=O)c(C)cc2C2CCC2)[nH]1. The van der Waals surface area contributed by atoms with E-state index in [0.29, 0.717) is 18.4 Å². The summed E-state index contributed by atoms with van der Waals surface area (Å²) in [5.74, 6) is 2.19. The van der Waals surface area contributed by atoms with Gasteiger partial charge in [0.1, 0.15) is 5.82 Å². The summed E-state index contributed by atoms with van der Waals surface area (Å²) in [5, 5.41) is 8.72. The Labute approximate surface area is 236 Å². The van der Waals surface area contributed by atoms with E-state index >= 15 is 0 Å². The first-order chi connectivity index (χ1) is 18.9. The molecule has 0 radical (unpaired) electrons. The molecule has 0 saturated heterocycles. The minimum absolute atomic E-state index is 0.0996. The molecule has 3 aromatic rings. The molecule has 0 atom stereocenters. The second-order valence-electron chi connectivity index (χ2n) is 10.1. The number of carbonyl (C=O) groups is 1. The van der Waals surface area contributed by atoms with Crippen molar-refractivity contribution in [1.29, 1.82) is 5.26 Å². The summed E-state index contributed by atoms with van der Waals surface area (Å²) in [5.41, 5.74) is 7.30. The van der Waals surface area contributed by atoms with Gasteiger partial charge < -0.3 is 9.72 Å². The molecule has 210 valence electrons. The molecular formula is C34H47N3O2. The fourth-order valence-corrected chi connectivity index (χ4v) is 5.10. The molecule has 1 N–H and O–H groups in total. The van der Waals surface area contributed by atoms with Crippen LogP contribution in [-0.2, 0) is 11.3 Å². The first-order valence-corrected chi connectivity index (χ1v) is 14.6. The molecule has 0 aliphatic heterocycles. The van der Waals surface area contributed by atoms with Gasteiger partial charge >= 0.3 is 0 Å². The Balaban J connectivity index is 0.000000275. The number of Topliss-reactive ketones (excluding diaryl/α,β-unsaturated/α-hetero) is 1. The summed E-state index contributed by atoms with van der Waals surface area (Å²) in [4.78, 5) is 19.7. The molecule has 1 fully saturated rings. The number of hydrogen-bond donors (Lipinski definition) is 1. The Morgan fingerprint density at radius 1 is 1.13 bits per heavy atom. The summed E-state index contributed by atoms with van der Waals surface area (Å²) in [7, 11) is 1.67. The number of methoxy groups -OCH3 is 1. The molecule has 5 heteroatoms. The molecule has 1 heterocycles. The maximum absolute atomic E-state index is 11.9. The zero-order chi connectivity index (χ0) is 28.8. The van der Waals surface area contributed by atoms with Crippen molar-refractivity contribution in [3.63, 3.8) is 0 Å². The van der Waals surface area contributed by atoms with Gasteiger partial charge in [-0.1, -0.05) is 65.2 Å². The first-order valence-electron chi connectivity index (χ1n) is 14.6.